The Labute approximate surface area is 185 Å². The van der Waals surface area contributed by atoms with Crippen LogP contribution in [0.5, 0.6) is 0 Å². The number of hydrogen-bond donors (Lipinski definition) is 1. The molecule has 0 atom stereocenters. The maximum Gasteiger partial charge on any atom is 0.409 e. The van der Waals surface area contributed by atoms with Crippen LogP contribution in [0.15, 0.2) is 77.2 Å². The highest BCUT2D eigenvalue weighted by Gasteiger charge is 2.15. The molecule has 4 aromatic rings. The lowest BCUT2D eigenvalue weighted by atomic mass is 10.1. The molecule has 0 aliphatic carbocycles. The van der Waals surface area contributed by atoms with E-state index in [9.17, 15) is 9.59 Å². The molecule has 0 aliphatic rings. The van der Waals surface area contributed by atoms with Crippen LogP contribution in [0.25, 0.3) is 22.6 Å². The van der Waals surface area contributed by atoms with Crippen LogP contribution in [-0.4, -0.2) is 35.5 Å². The number of oxazole rings is 1. The normalized spacial score (nSPS) is 10.8. The Morgan fingerprint density at radius 3 is 2.44 bits per heavy atom. The molecule has 3 aromatic carbocycles. The fourth-order valence-corrected chi connectivity index (χ4v) is 3.30. The van der Waals surface area contributed by atoms with Crippen molar-refractivity contribution in [1.29, 1.82) is 0 Å². The van der Waals surface area contributed by atoms with Crippen LogP contribution in [0.3, 0.4) is 0 Å². The highest BCUT2D eigenvalue weighted by molar-refractivity contribution is 6.03. The van der Waals surface area contributed by atoms with Gasteiger partial charge in [-0.3, -0.25) is 4.79 Å². The summed E-state index contributed by atoms with van der Waals surface area (Å²) < 4.78 is 11.1. The number of nitrogens with two attached hydrogens (primary N) is 1. The van der Waals surface area contributed by atoms with Crippen LogP contribution in [0.2, 0.25) is 0 Å². The van der Waals surface area contributed by atoms with Crippen LogP contribution in [-0.2, 0) is 17.8 Å². The van der Waals surface area contributed by atoms with Crippen molar-refractivity contribution in [2.75, 3.05) is 13.6 Å². The van der Waals surface area contributed by atoms with Crippen molar-refractivity contribution in [2.24, 2.45) is 5.73 Å². The van der Waals surface area contributed by atoms with E-state index in [2.05, 4.69) is 4.98 Å². The highest BCUT2D eigenvalue weighted by atomic mass is 16.6. The summed E-state index contributed by atoms with van der Waals surface area (Å²) in [4.78, 5) is 29.8. The predicted molar refractivity (Wildman–Crippen MR) is 121 cm³/mol. The number of carbonyl (C=O) groups excluding carboxylic acids is 2. The second-order valence-electron chi connectivity index (χ2n) is 7.45. The summed E-state index contributed by atoms with van der Waals surface area (Å²) in [6.45, 7) is 0.776. The molecule has 2 amide bonds. The van der Waals surface area contributed by atoms with Gasteiger partial charge in [-0.15, -0.1) is 0 Å². The van der Waals surface area contributed by atoms with Gasteiger partial charge in [0, 0.05) is 19.2 Å². The molecule has 0 saturated carbocycles. The zero-order valence-electron chi connectivity index (χ0n) is 17.7. The molecule has 0 saturated heterocycles. The van der Waals surface area contributed by atoms with Crippen molar-refractivity contribution >= 4 is 23.1 Å². The molecule has 2 N–H and O–H groups in total. The minimum absolute atomic E-state index is 0.251. The number of ether oxygens (including phenoxy) is 1. The average Bonchev–Trinajstić information content (AvgIpc) is 3.26. The Balaban J connectivity index is 1.36. The van der Waals surface area contributed by atoms with Gasteiger partial charge in [0.25, 0.3) is 5.91 Å². The van der Waals surface area contributed by atoms with Crippen molar-refractivity contribution in [2.45, 2.75) is 13.0 Å². The summed E-state index contributed by atoms with van der Waals surface area (Å²) in [6.07, 6.45) is 0.318. The largest absolute Gasteiger partial charge is 0.445 e. The topological polar surface area (TPSA) is 98.7 Å². The lowest BCUT2D eigenvalue weighted by Gasteiger charge is -2.17. The third kappa shape index (κ3) is 4.78. The molecule has 4 rings (SSSR count). The second kappa shape index (κ2) is 9.34. The Morgan fingerprint density at radius 2 is 1.72 bits per heavy atom. The smallest absolute Gasteiger partial charge is 0.409 e. The molecule has 7 heteroatoms. The van der Waals surface area contributed by atoms with Crippen molar-refractivity contribution in [1.82, 2.24) is 9.88 Å². The fourth-order valence-electron chi connectivity index (χ4n) is 3.30. The third-order valence-electron chi connectivity index (χ3n) is 5.13. The third-order valence-corrected chi connectivity index (χ3v) is 5.13. The van der Waals surface area contributed by atoms with Gasteiger partial charge in [0.15, 0.2) is 5.58 Å². The van der Waals surface area contributed by atoms with Gasteiger partial charge in [-0.05, 0) is 41.8 Å². The molecule has 0 spiro atoms. The molecule has 0 radical (unpaired) electrons. The van der Waals surface area contributed by atoms with E-state index in [1.54, 1.807) is 30.1 Å². The van der Waals surface area contributed by atoms with E-state index in [4.69, 9.17) is 14.9 Å². The minimum Gasteiger partial charge on any atom is -0.445 e. The number of likely N-dealkylation sites (N-methyl/N-ethyl adjacent to an activating group) is 1. The first-order chi connectivity index (χ1) is 15.5. The number of aromatic nitrogens is 1. The summed E-state index contributed by atoms with van der Waals surface area (Å²) >= 11 is 0. The number of nitrogens with zero attached hydrogens (tertiary/aromatic N) is 2. The molecule has 7 nitrogen and oxygen atoms in total. The molecule has 1 aromatic heterocycles. The summed E-state index contributed by atoms with van der Waals surface area (Å²) in [5.41, 5.74) is 9.48. The van der Waals surface area contributed by atoms with Crippen molar-refractivity contribution in [3.05, 3.63) is 89.5 Å². The fraction of sp³-hybridized carbons (Fsp3) is 0.160. The van der Waals surface area contributed by atoms with E-state index in [1.165, 1.54) is 0 Å². The van der Waals surface area contributed by atoms with E-state index in [0.29, 0.717) is 35.5 Å². The zero-order chi connectivity index (χ0) is 22.5. The zero-order valence-corrected chi connectivity index (χ0v) is 17.7. The van der Waals surface area contributed by atoms with Crippen LogP contribution in [0.4, 0.5) is 4.79 Å². The molecule has 0 bridgehead atoms. The number of carbonyl (C=O) groups is 2. The van der Waals surface area contributed by atoms with E-state index >= 15 is 0 Å². The molecule has 0 aliphatic heterocycles. The first-order valence-electron chi connectivity index (χ1n) is 10.2. The molecule has 0 unspecified atom stereocenters. The monoisotopic (exact) mass is 429 g/mol. The quantitative estimate of drug-likeness (QED) is 0.469. The van der Waals surface area contributed by atoms with Gasteiger partial charge in [-0.1, -0.05) is 48.5 Å². The molecule has 162 valence electrons. The van der Waals surface area contributed by atoms with Gasteiger partial charge in [-0.25, -0.2) is 9.78 Å². The van der Waals surface area contributed by atoms with Crippen LogP contribution in [0.1, 0.15) is 21.5 Å². The van der Waals surface area contributed by atoms with E-state index < -0.39 is 5.91 Å². The van der Waals surface area contributed by atoms with Crippen LogP contribution >= 0.6 is 0 Å². The molecular weight excluding hydrogens is 406 g/mol. The van der Waals surface area contributed by atoms with Gasteiger partial charge >= 0.3 is 6.09 Å². The van der Waals surface area contributed by atoms with Crippen molar-refractivity contribution in [3.8, 4) is 11.5 Å². The van der Waals surface area contributed by atoms with Gasteiger partial charge in [0.2, 0.25) is 5.89 Å². The summed E-state index contributed by atoms with van der Waals surface area (Å²) in [7, 11) is 1.72. The lowest BCUT2D eigenvalue weighted by Crippen LogP contribution is -2.29. The summed E-state index contributed by atoms with van der Waals surface area (Å²) in [5, 5.41) is 0. The number of amides is 2. The molecule has 0 fully saturated rings. The SMILES string of the molecule is CN(CCc1ccc(-c2nc3cccc(C(N)=O)c3o2)cc1)C(=O)OCc1ccccc1. The van der Waals surface area contributed by atoms with Gasteiger partial charge in [-0.2, -0.15) is 0 Å². The minimum atomic E-state index is -0.555. The lowest BCUT2D eigenvalue weighted by molar-refractivity contribution is 0.1000. The number of benzene rings is 3. The van der Waals surface area contributed by atoms with E-state index in [-0.39, 0.29) is 12.7 Å². The Bertz CT molecular complexity index is 1230. The summed E-state index contributed by atoms with van der Waals surface area (Å²) in [6, 6.07) is 22.4. The Morgan fingerprint density at radius 1 is 0.969 bits per heavy atom. The standard InChI is InChI=1S/C25H23N3O4/c1-28(25(30)31-16-18-6-3-2-4-7-18)15-14-17-10-12-19(13-11-17)24-27-21-9-5-8-20(23(26)29)22(21)32-24/h2-13H,14-16H2,1H3,(H2,26,29). The maximum atomic E-state index is 12.2. The van der Waals surface area contributed by atoms with Gasteiger partial charge in [0.1, 0.15) is 12.1 Å². The number of primary amides is 1. The first kappa shape index (κ1) is 21.1. The highest BCUT2D eigenvalue weighted by Crippen LogP contribution is 2.26. The van der Waals surface area contributed by atoms with Crippen molar-refractivity contribution in [3.63, 3.8) is 0 Å². The molecule has 1 heterocycles. The molecule has 32 heavy (non-hydrogen) atoms. The summed E-state index contributed by atoms with van der Waals surface area (Å²) in [5.74, 6) is -0.137. The number of hydrogen-bond acceptors (Lipinski definition) is 5. The Kier molecular flexibility index (Phi) is 6.17. The number of fused-ring (bicyclic) bond motifs is 1. The van der Waals surface area contributed by atoms with E-state index in [0.717, 1.165) is 16.7 Å². The van der Waals surface area contributed by atoms with Gasteiger partial charge in [0.05, 0.1) is 5.56 Å². The van der Waals surface area contributed by atoms with Crippen LogP contribution in [0, 0.1) is 0 Å². The average molecular weight is 429 g/mol. The second-order valence-corrected chi connectivity index (χ2v) is 7.45. The first-order valence-corrected chi connectivity index (χ1v) is 10.2. The van der Waals surface area contributed by atoms with E-state index in [1.807, 2.05) is 54.6 Å². The number of para-hydroxylation sites is 1. The molecular formula is C25H23N3O4. The van der Waals surface area contributed by atoms with Crippen molar-refractivity contribution < 1.29 is 18.7 Å². The number of rotatable bonds is 7. The maximum absolute atomic E-state index is 12.2. The predicted octanol–water partition coefficient (Wildman–Crippen LogP) is 4.40. The van der Waals surface area contributed by atoms with Gasteiger partial charge < -0.3 is 19.8 Å². The Hall–Kier alpha value is -4.13. The van der Waals surface area contributed by atoms with Crippen LogP contribution < -0.4 is 5.73 Å².